The van der Waals surface area contributed by atoms with Crippen molar-refractivity contribution in [1.29, 1.82) is 0 Å². The fourth-order valence-corrected chi connectivity index (χ4v) is 4.93. The van der Waals surface area contributed by atoms with Gasteiger partial charge in [0.15, 0.2) is 0 Å². The number of alkyl halides is 1. The largest absolute Gasteiger partial charge is 0.490 e. The Bertz CT molecular complexity index is 1480. The maximum Gasteiger partial charge on any atom is 0.410 e. The molecule has 1 saturated carbocycles. The minimum absolute atomic E-state index is 0.0743. The van der Waals surface area contributed by atoms with E-state index in [0.29, 0.717) is 30.9 Å². The topological polar surface area (TPSA) is 107 Å². The lowest BCUT2D eigenvalue weighted by molar-refractivity contribution is 0.0204. The maximum atomic E-state index is 13.6. The molecule has 3 aromatic rings. The summed E-state index contributed by atoms with van der Waals surface area (Å²) in [6.07, 6.45) is 5.30. The van der Waals surface area contributed by atoms with Crippen molar-refractivity contribution in [2.24, 2.45) is 0 Å². The second-order valence-corrected chi connectivity index (χ2v) is 11.8. The molecule has 10 nitrogen and oxygen atoms in total. The maximum absolute atomic E-state index is 13.6. The first-order chi connectivity index (χ1) is 18.9. The Morgan fingerprint density at radius 1 is 1.18 bits per heavy atom. The monoisotopic (exact) mass is 553 g/mol. The molecule has 2 atom stereocenters. The van der Waals surface area contributed by atoms with Gasteiger partial charge in [-0.15, -0.1) is 0 Å². The molecule has 11 heteroatoms. The lowest BCUT2D eigenvalue weighted by Gasteiger charge is -2.32. The summed E-state index contributed by atoms with van der Waals surface area (Å²) in [6.45, 7) is 10.4. The van der Waals surface area contributed by atoms with Crippen LogP contribution in [0.3, 0.4) is 0 Å². The van der Waals surface area contributed by atoms with Gasteiger partial charge >= 0.3 is 6.09 Å². The number of nitrogens with zero attached hydrogens (tertiary/aromatic N) is 4. The number of imidazole rings is 1. The van der Waals surface area contributed by atoms with Crippen LogP contribution in [0.4, 0.5) is 14.9 Å². The van der Waals surface area contributed by atoms with Gasteiger partial charge in [0, 0.05) is 50.1 Å². The number of aromatic nitrogens is 3. The van der Waals surface area contributed by atoms with Gasteiger partial charge in [0.25, 0.3) is 11.5 Å². The number of carbonyl (C=O) groups excluding carboxylic acids is 2. The number of nitrogens with one attached hydrogen (secondary N) is 1. The Balaban J connectivity index is 1.36. The lowest BCUT2D eigenvalue weighted by atomic mass is 9.94. The van der Waals surface area contributed by atoms with Crippen LogP contribution in [0.15, 0.2) is 41.6 Å². The summed E-state index contributed by atoms with van der Waals surface area (Å²) >= 11 is 0. The van der Waals surface area contributed by atoms with Crippen LogP contribution in [0.1, 0.15) is 81.9 Å². The van der Waals surface area contributed by atoms with Gasteiger partial charge in [-0.05, 0) is 59.6 Å². The predicted octanol–water partition coefficient (Wildman–Crippen LogP) is 4.93. The van der Waals surface area contributed by atoms with Gasteiger partial charge in [-0.3, -0.25) is 9.59 Å². The van der Waals surface area contributed by atoms with Crippen molar-refractivity contribution in [3.8, 4) is 5.75 Å². The second-order valence-electron chi connectivity index (χ2n) is 11.8. The number of hydrogen-bond donors (Lipinski definition) is 1. The molecule has 1 aliphatic heterocycles. The van der Waals surface area contributed by atoms with E-state index in [9.17, 15) is 18.8 Å². The summed E-state index contributed by atoms with van der Waals surface area (Å²) in [4.78, 5) is 45.2. The molecule has 1 saturated heterocycles. The Hall–Kier alpha value is -3.89. The van der Waals surface area contributed by atoms with E-state index in [2.05, 4.69) is 5.32 Å². The zero-order valence-corrected chi connectivity index (χ0v) is 23.5. The number of carbonyl (C=O) groups is 2. The van der Waals surface area contributed by atoms with Crippen molar-refractivity contribution in [1.82, 2.24) is 18.9 Å². The summed E-state index contributed by atoms with van der Waals surface area (Å²) in [7, 11) is 0. The Morgan fingerprint density at radius 2 is 1.88 bits per heavy atom. The number of pyridine rings is 2. The molecule has 40 heavy (non-hydrogen) atoms. The van der Waals surface area contributed by atoms with Crippen LogP contribution >= 0.6 is 0 Å². The van der Waals surface area contributed by atoms with Gasteiger partial charge in [0.1, 0.15) is 28.9 Å². The number of halogens is 1. The van der Waals surface area contributed by atoms with Crippen molar-refractivity contribution < 1.29 is 23.5 Å². The van der Waals surface area contributed by atoms with Crippen molar-refractivity contribution in [2.45, 2.75) is 83.7 Å². The first-order valence-electron chi connectivity index (χ1n) is 13.7. The van der Waals surface area contributed by atoms with Crippen LogP contribution in [-0.4, -0.2) is 61.8 Å². The molecule has 5 rings (SSSR count). The number of ether oxygens (including phenoxy) is 2. The molecule has 0 radical (unpaired) electrons. The molecule has 0 aromatic carbocycles. The molecule has 214 valence electrons. The molecular weight excluding hydrogens is 517 g/mol. The number of piperidine rings is 1. The van der Waals surface area contributed by atoms with E-state index < -0.39 is 29.3 Å². The first kappa shape index (κ1) is 27.7. The molecular formula is C29H36FN5O5. The van der Waals surface area contributed by atoms with Crippen molar-refractivity contribution in [3.05, 3.63) is 58.4 Å². The number of rotatable bonds is 6. The van der Waals surface area contributed by atoms with Gasteiger partial charge in [-0.2, -0.15) is 0 Å². The van der Waals surface area contributed by atoms with E-state index in [0.717, 1.165) is 18.5 Å². The average molecular weight is 554 g/mol. The molecule has 2 unspecified atom stereocenters. The van der Waals surface area contributed by atoms with Crippen LogP contribution in [0.25, 0.3) is 5.65 Å². The van der Waals surface area contributed by atoms with E-state index in [1.165, 1.54) is 16.8 Å². The highest BCUT2D eigenvalue weighted by atomic mass is 19.1. The van der Waals surface area contributed by atoms with E-state index in [4.69, 9.17) is 14.5 Å². The van der Waals surface area contributed by atoms with Gasteiger partial charge in [-0.1, -0.05) is 0 Å². The summed E-state index contributed by atoms with van der Waals surface area (Å²) in [6, 6.07) is 4.36. The van der Waals surface area contributed by atoms with Crippen molar-refractivity contribution in [3.63, 3.8) is 0 Å². The summed E-state index contributed by atoms with van der Waals surface area (Å²) in [5.74, 6) is -0.0186. The summed E-state index contributed by atoms with van der Waals surface area (Å²) in [5.41, 5.74) is 0.825. The van der Waals surface area contributed by atoms with E-state index in [1.807, 2.05) is 40.8 Å². The van der Waals surface area contributed by atoms with Crippen molar-refractivity contribution in [2.75, 3.05) is 18.4 Å². The van der Waals surface area contributed by atoms with Crippen LogP contribution < -0.4 is 15.6 Å². The van der Waals surface area contributed by atoms with Crippen LogP contribution in [0.2, 0.25) is 0 Å². The number of likely N-dealkylation sites (tertiary alicyclic amines) is 1. The van der Waals surface area contributed by atoms with E-state index in [1.54, 1.807) is 27.6 Å². The Kier molecular flexibility index (Phi) is 7.32. The minimum atomic E-state index is -1.04. The fraction of sp³-hybridized carbons (Fsp3) is 0.517. The number of hydrogen-bond acceptors (Lipinski definition) is 6. The highest BCUT2D eigenvalue weighted by Crippen LogP contribution is 2.38. The number of fused-ring (bicyclic) bond motifs is 1. The first-order valence-corrected chi connectivity index (χ1v) is 13.7. The molecule has 1 aliphatic carbocycles. The van der Waals surface area contributed by atoms with Gasteiger partial charge in [-0.25, -0.2) is 14.2 Å². The number of anilines is 1. The molecule has 0 spiro atoms. The van der Waals surface area contributed by atoms with Gasteiger partial charge in [0.2, 0.25) is 0 Å². The van der Waals surface area contributed by atoms with Gasteiger partial charge < -0.3 is 28.7 Å². The third kappa shape index (κ3) is 5.97. The Labute approximate surface area is 232 Å². The fourth-order valence-electron chi connectivity index (χ4n) is 4.93. The third-order valence-electron chi connectivity index (χ3n) is 7.01. The smallest absolute Gasteiger partial charge is 0.410 e. The molecule has 2 aliphatic rings. The van der Waals surface area contributed by atoms with Crippen LogP contribution in [0, 0.1) is 0 Å². The average Bonchev–Trinajstić information content (AvgIpc) is 3.45. The van der Waals surface area contributed by atoms with Gasteiger partial charge in [0.05, 0.1) is 23.4 Å². The predicted molar refractivity (Wildman–Crippen MR) is 148 cm³/mol. The zero-order valence-electron chi connectivity index (χ0n) is 23.5. The third-order valence-corrected chi connectivity index (χ3v) is 7.01. The lowest BCUT2D eigenvalue weighted by Crippen LogP contribution is -2.41. The van der Waals surface area contributed by atoms with E-state index >= 15 is 0 Å². The van der Waals surface area contributed by atoms with Crippen LogP contribution in [0.5, 0.6) is 5.75 Å². The Morgan fingerprint density at radius 3 is 2.50 bits per heavy atom. The normalized spacial score (nSPS) is 19.6. The van der Waals surface area contributed by atoms with Crippen molar-refractivity contribution >= 4 is 23.3 Å². The van der Waals surface area contributed by atoms with E-state index in [-0.39, 0.29) is 29.4 Å². The molecule has 4 heterocycles. The highest BCUT2D eigenvalue weighted by Gasteiger charge is 2.40. The SMILES string of the molecule is CC(C)Oc1cc2nc(C3CCN(C(=O)OC(C)(C)C)CC3)cn2cc1C(=O)Nc1cccn(C2CC2F)c1=O. The zero-order chi connectivity index (χ0) is 28.8. The highest BCUT2D eigenvalue weighted by molar-refractivity contribution is 6.06. The summed E-state index contributed by atoms with van der Waals surface area (Å²) < 4.78 is 28.1. The minimum Gasteiger partial charge on any atom is -0.490 e. The molecule has 2 fully saturated rings. The summed E-state index contributed by atoms with van der Waals surface area (Å²) in [5, 5.41) is 2.69. The standard InChI is InChI=1S/C29H36FN5O5/c1-17(2)39-24-14-25-31-22(18-8-11-33(12-9-18)28(38)40-29(3,4)5)16-34(25)15-19(24)26(36)32-21-7-6-10-35(27(21)37)23-13-20(23)30/h6-7,10,14-18,20,23H,8-9,11-13H2,1-5H3,(H,32,36). The second kappa shape index (κ2) is 10.6. The van der Waals surface area contributed by atoms with Crippen LogP contribution in [-0.2, 0) is 4.74 Å². The molecule has 3 aromatic heterocycles. The molecule has 2 amide bonds. The number of amides is 2. The molecule has 0 bridgehead atoms. The quantitative estimate of drug-likeness (QED) is 0.464. The molecule has 1 N–H and O–H groups in total.